The third kappa shape index (κ3) is 3.28. The van der Waals surface area contributed by atoms with Gasteiger partial charge in [-0.15, -0.1) is 0 Å². The lowest BCUT2D eigenvalue weighted by atomic mass is 9.77. The number of nitrogens with one attached hydrogen (secondary N) is 1. The second kappa shape index (κ2) is 8.00. The van der Waals surface area contributed by atoms with Crippen molar-refractivity contribution in [3.63, 3.8) is 0 Å². The molecule has 0 fully saturated rings. The van der Waals surface area contributed by atoms with E-state index < -0.39 is 11.6 Å². The third-order valence-corrected chi connectivity index (χ3v) is 5.18. The summed E-state index contributed by atoms with van der Waals surface area (Å²) in [6.07, 6.45) is 11.6. The van der Waals surface area contributed by atoms with Crippen molar-refractivity contribution in [2.75, 3.05) is 0 Å². The van der Waals surface area contributed by atoms with Crippen molar-refractivity contribution in [1.82, 2.24) is 5.32 Å². The molecule has 2 aliphatic heterocycles. The van der Waals surface area contributed by atoms with E-state index in [-0.39, 0.29) is 40.9 Å². The number of fused-ring (bicyclic) bond motifs is 4. The van der Waals surface area contributed by atoms with E-state index in [1.165, 1.54) is 36.4 Å². The van der Waals surface area contributed by atoms with Crippen LogP contribution >= 0.6 is 0 Å². The predicted octanol–water partition coefficient (Wildman–Crippen LogP) is 3.53. The van der Waals surface area contributed by atoms with E-state index in [9.17, 15) is 19.8 Å². The Hall–Kier alpha value is -4.44. The number of phenolic OH excluding ortho intramolecular Hbond substituents is 2. The fourth-order valence-electron chi connectivity index (χ4n) is 3.93. The largest absolute Gasteiger partial charge is 0.508 e. The van der Waals surface area contributed by atoms with Crippen molar-refractivity contribution < 1.29 is 29.3 Å². The first-order valence-corrected chi connectivity index (χ1v) is 9.77. The number of hydrogen-bond acceptors (Lipinski definition) is 6. The molecular weight excluding hydrogens is 410 g/mol. The molecule has 0 unspecified atom stereocenters. The van der Waals surface area contributed by atoms with Gasteiger partial charge in [-0.2, -0.15) is 0 Å². The number of carbonyl (C=O) groups excluding carboxylic acids is 2. The van der Waals surface area contributed by atoms with Gasteiger partial charge in [0, 0.05) is 41.3 Å². The van der Waals surface area contributed by atoms with Crippen LogP contribution in [0.1, 0.15) is 24.5 Å². The normalized spacial score (nSPS) is 15.9. The topological polar surface area (TPSA) is 105 Å². The molecule has 2 heterocycles. The molecular formula is C25H19NO6. The standard InChI is InChI=1S/C25H19NO6/c1-3-6-18-17(7-5-8-23(29)26-4-2)24(30)32-25(18)19-11-9-15(27)13-21(19)31-22-14-16(28)10-12-20(22)25/h2-3,5-7,9-14,27-28H,8H2,1H3,(H,26,29)/b6-3-,7-5-. The first kappa shape index (κ1) is 20.8. The molecule has 0 saturated carbocycles. The minimum atomic E-state index is -1.37. The maximum atomic E-state index is 13.1. The van der Waals surface area contributed by atoms with Gasteiger partial charge in [-0.05, 0) is 31.2 Å². The number of esters is 1. The van der Waals surface area contributed by atoms with Gasteiger partial charge in [0.15, 0.2) is 5.60 Å². The second-order valence-corrected chi connectivity index (χ2v) is 7.16. The monoisotopic (exact) mass is 429 g/mol. The Morgan fingerprint density at radius 3 is 2.31 bits per heavy atom. The van der Waals surface area contributed by atoms with Gasteiger partial charge in [-0.1, -0.05) is 30.7 Å². The summed E-state index contributed by atoms with van der Waals surface area (Å²) in [6.45, 7) is 1.81. The Balaban J connectivity index is 1.94. The van der Waals surface area contributed by atoms with Crippen LogP contribution in [0.3, 0.4) is 0 Å². The highest BCUT2D eigenvalue weighted by Gasteiger charge is 2.53. The molecule has 1 amide bonds. The lowest BCUT2D eigenvalue weighted by molar-refractivity contribution is -0.144. The number of benzene rings is 2. The summed E-state index contributed by atoms with van der Waals surface area (Å²) in [7, 11) is 0. The summed E-state index contributed by atoms with van der Waals surface area (Å²) >= 11 is 0. The number of aromatic hydroxyl groups is 2. The summed E-state index contributed by atoms with van der Waals surface area (Å²) in [6, 6.07) is 11.1. The van der Waals surface area contributed by atoms with Gasteiger partial charge < -0.3 is 19.7 Å². The molecule has 4 rings (SSSR count). The number of rotatable bonds is 4. The van der Waals surface area contributed by atoms with Crippen molar-refractivity contribution in [1.29, 1.82) is 0 Å². The summed E-state index contributed by atoms with van der Waals surface area (Å²) < 4.78 is 11.9. The molecule has 0 radical (unpaired) electrons. The van der Waals surface area contributed by atoms with Crippen LogP contribution in [0.4, 0.5) is 0 Å². The molecule has 0 bridgehead atoms. The molecule has 0 aliphatic carbocycles. The maximum Gasteiger partial charge on any atom is 0.340 e. The van der Waals surface area contributed by atoms with Crippen LogP contribution in [0.25, 0.3) is 0 Å². The molecule has 2 aromatic carbocycles. The third-order valence-electron chi connectivity index (χ3n) is 5.18. The van der Waals surface area contributed by atoms with E-state index in [4.69, 9.17) is 15.9 Å². The predicted molar refractivity (Wildman–Crippen MR) is 116 cm³/mol. The minimum absolute atomic E-state index is 0.0187. The number of phenols is 2. The number of terminal acetylenes is 1. The van der Waals surface area contributed by atoms with E-state index in [0.717, 1.165) is 0 Å². The van der Waals surface area contributed by atoms with Crippen LogP contribution in [0.5, 0.6) is 23.0 Å². The van der Waals surface area contributed by atoms with Crippen molar-refractivity contribution >= 4 is 11.9 Å². The number of carbonyl (C=O) groups is 2. The lowest BCUT2D eigenvalue weighted by Gasteiger charge is -2.37. The van der Waals surface area contributed by atoms with E-state index in [1.807, 2.05) is 0 Å². The average molecular weight is 429 g/mol. The number of amides is 1. The van der Waals surface area contributed by atoms with Crippen LogP contribution in [-0.2, 0) is 19.9 Å². The quantitative estimate of drug-likeness (QED) is 0.390. The van der Waals surface area contributed by atoms with Gasteiger partial charge >= 0.3 is 5.97 Å². The molecule has 3 N–H and O–H groups in total. The maximum absolute atomic E-state index is 13.1. The zero-order chi connectivity index (χ0) is 22.9. The smallest absolute Gasteiger partial charge is 0.340 e. The van der Waals surface area contributed by atoms with Crippen molar-refractivity contribution in [3.05, 3.63) is 83.0 Å². The Morgan fingerprint density at radius 1 is 1.12 bits per heavy atom. The molecule has 1 spiro atoms. The molecule has 32 heavy (non-hydrogen) atoms. The van der Waals surface area contributed by atoms with Gasteiger partial charge in [0.1, 0.15) is 23.0 Å². The van der Waals surface area contributed by atoms with Crippen LogP contribution in [0.2, 0.25) is 0 Å². The number of allylic oxidation sites excluding steroid dienone is 1. The van der Waals surface area contributed by atoms with E-state index in [0.29, 0.717) is 16.7 Å². The number of hydrogen-bond donors (Lipinski definition) is 3. The Morgan fingerprint density at radius 2 is 1.75 bits per heavy atom. The SMILES string of the molecule is C#CNC(=O)C/C=C\C1=C(/C=C\C)C2(OC1=O)c1ccc(O)cc1Oc1cc(O)ccc12. The summed E-state index contributed by atoms with van der Waals surface area (Å²) in [4.78, 5) is 24.7. The number of ether oxygens (including phenoxy) is 2. The molecule has 2 aromatic rings. The minimum Gasteiger partial charge on any atom is -0.508 e. The van der Waals surface area contributed by atoms with Crippen LogP contribution < -0.4 is 10.1 Å². The van der Waals surface area contributed by atoms with Gasteiger partial charge in [-0.3, -0.25) is 10.1 Å². The molecule has 0 aromatic heterocycles. The first-order valence-electron chi connectivity index (χ1n) is 9.77. The Bertz CT molecular complexity index is 1210. The fraction of sp³-hybridized carbons (Fsp3) is 0.120. The van der Waals surface area contributed by atoms with Gasteiger partial charge in [0.25, 0.3) is 0 Å². The van der Waals surface area contributed by atoms with Crippen LogP contribution in [0.15, 0.2) is 71.8 Å². The Kier molecular flexibility index (Phi) is 5.21. The highest BCUT2D eigenvalue weighted by atomic mass is 16.6. The second-order valence-electron chi connectivity index (χ2n) is 7.16. The van der Waals surface area contributed by atoms with Gasteiger partial charge in [0.2, 0.25) is 5.91 Å². The molecule has 0 saturated heterocycles. The first-order chi connectivity index (χ1) is 15.4. The summed E-state index contributed by atoms with van der Waals surface area (Å²) in [5.41, 5.74) is 0.457. The lowest BCUT2D eigenvalue weighted by Crippen LogP contribution is -2.33. The molecule has 7 heteroatoms. The van der Waals surface area contributed by atoms with Crippen LogP contribution in [-0.4, -0.2) is 22.1 Å². The average Bonchev–Trinajstić information content (AvgIpc) is 3.00. The summed E-state index contributed by atoms with van der Waals surface area (Å²) in [5.74, 6) is -0.448. The zero-order valence-electron chi connectivity index (χ0n) is 17.1. The molecule has 2 aliphatic rings. The van der Waals surface area contributed by atoms with Gasteiger partial charge in [0.05, 0.1) is 5.57 Å². The molecule has 0 atom stereocenters. The van der Waals surface area contributed by atoms with E-state index in [2.05, 4.69) is 11.4 Å². The van der Waals surface area contributed by atoms with E-state index in [1.54, 1.807) is 31.2 Å². The van der Waals surface area contributed by atoms with Crippen LogP contribution in [0, 0.1) is 12.5 Å². The molecule has 160 valence electrons. The highest BCUT2D eigenvalue weighted by Crippen LogP contribution is 2.57. The van der Waals surface area contributed by atoms with Crippen molar-refractivity contribution in [3.8, 4) is 35.5 Å². The van der Waals surface area contributed by atoms with Gasteiger partial charge in [-0.25, -0.2) is 4.79 Å². The highest BCUT2D eigenvalue weighted by molar-refractivity contribution is 5.98. The van der Waals surface area contributed by atoms with E-state index >= 15 is 0 Å². The van der Waals surface area contributed by atoms with Crippen molar-refractivity contribution in [2.24, 2.45) is 0 Å². The van der Waals surface area contributed by atoms with Crippen molar-refractivity contribution in [2.45, 2.75) is 18.9 Å². The molecule has 7 nitrogen and oxygen atoms in total. The zero-order valence-corrected chi connectivity index (χ0v) is 17.1. The summed E-state index contributed by atoms with van der Waals surface area (Å²) in [5, 5.41) is 22.2. The fourth-order valence-corrected chi connectivity index (χ4v) is 3.93. The Labute approximate surface area is 184 Å².